The number of nitrogens with two attached hydrogens (primary N) is 1. The Bertz CT molecular complexity index is 609. The van der Waals surface area contributed by atoms with Crippen LogP contribution in [0.4, 0.5) is 14.5 Å². The molecule has 0 bridgehead atoms. The number of hydrogen-bond acceptors (Lipinski definition) is 3. The van der Waals surface area contributed by atoms with Crippen molar-refractivity contribution in [3.05, 3.63) is 47.7 Å². The Hall–Kier alpha value is -2.50. The first kappa shape index (κ1) is 12.0. The van der Waals surface area contributed by atoms with Gasteiger partial charge in [0.15, 0.2) is 5.69 Å². The summed E-state index contributed by atoms with van der Waals surface area (Å²) < 4.78 is 27.0. The molecule has 0 saturated heterocycles. The van der Waals surface area contributed by atoms with Crippen LogP contribution in [0.15, 0.2) is 30.3 Å². The lowest BCUT2D eigenvalue weighted by atomic mass is 10.1. The van der Waals surface area contributed by atoms with E-state index in [0.29, 0.717) is 0 Å². The number of nitrogen functional groups attached to an aromatic ring is 1. The average molecular weight is 250 g/mol. The molecular weight excluding hydrogens is 242 g/mol. The van der Waals surface area contributed by atoms with Crippen LogP contribution in [0, 0.1) is 11.6 Å². The number of halogens is 2. The van der Waals surface area contributed by atoms with Crippen molar-refractivity contribution in [2.45, 2.75) is 0 Å². The number of carbonyl (C=O) groups is 1. The molecule has 0 atom stereocenters. The first-order valence-corrected chi connectivity index (χ1v) is 4.95. The first-order valence-electron chi connectivity index (χ1n) is 4.95. The monoisotopic (exact) mass is 250 g/mol. The van der Waals surface area contributed by atoms with E-state index < -0.39 is 23.3 Å². The maximum Gasteiger partial charge on any atom is 0.356 e. The van der Waals surface area contributed by atoms with Crippen molar-refractivity contribution in [3.63, 3.8) is 0 Å². The van der Waals surface area contributed by atoms with Gasteiger partial charge in [-0.05, 0) is 24.3 Å². The Kier molecular flexibility index (Phi) is 2.93. The Morgan fingerprint density at radius 2 is 1.78 bits per heavy atom. The highest BCUT2D eigenvalue weighted by Gasteiger charge is 2.16. The molecule has 0 aliphatic heterocycles. The van der Waals surface area contributed by atoms with Gasteiger partial charge < -0.3 is 10.8 Å². The van der Waals surface area contributed by atoms with Crippen LogP contribution >= 0.6 is 0 Å². The molecule has 0 aliphatic carbocycles. The van der Waals surface area contributed by atoms with E-state index >= 15 is 0 Å². The molecule has 6 heteroatoms. The van der Waals surface area contributed by atoms with Gasteiger partial charge in [0, 0.05) is 0 Å². The molecule has 2 aromatic rings. The third-order valence-electron chi connectivity index (χ3n) is 2.35. The molecule has 18 heavy (non-hydrogen) atoms. The number of carboxylic acid groups (broad SMARTS) is 1. The molecule has 0 saturated carbocycles. The van der Waals surface area contributed by atoms with E-state index in [2.05, 4.69) is 4.98 Å². The largest absolute Gasteiger partial charge is 0.476 e. The summed E-state index contributed by atoms with van der Waals surface area (Å²) in [7, 11) is 0. The molecule has 1 aromatic heterocycles. The van der Waals surface area contributed by atoms with Gasteiger partial charge in [-0.1, -0.05) is 6.07 Å². The highest BCUT2D eigenvalue weighted by Crippen LogP contribution is 2.25. The number of nitrogens with zero attached hydrogens (tertiary/aromatic N) is 1. The quantitative estimate of drug-likeness (QED) is 0.857. The molecule has 0 amide bonds. The van der Waals surface area contributed by atoms with Crippen LogP contribution in [0.2, 0.25) is 0 Å². The standard InChI is InChI=1S/C12H8F2N2O2/c13-6-2-1-3-7(14)10(6)9-5-4-8(15)11(16-9)12(17)18/h1-5H,15H2,(H,17,18). The number of anilines is 1. The predicted octanol–water partition coefficient (Wildman–Crippen LogP) is 2.31. The summed E-state index contributed by atoms with van der Waals surface area (Å²) >= 11 is 0. The summed E-state index contributed by atoms with van der Waals surface area (Å²) in [6, 6.07) is 5.86. The minimum Gasteiger partial charge on any atom is -0.476 e. The molecule has 0 spiro atoms. The summed E-state index contributed by atoms with van der Waals surface area (Å²) in [5.41, 5.74) is 4.42. The van der Waals surface area contributed by atoms with Crippen LogP contribution in [0.1, 0.15) is 10.5 Å². The fourth-order valence-electron chi connectivity index (χ4n) is 1.52. The zero-order valence-corrected chi connectivity index (χ0v) is 9.02. The fraction of sp³-hybridized carbons (Fsp3) is 0. The lowest BCUT2D eigenvalue weighted by Crippen LogP contribution is -2.07. The van der Waals surface area contributed by atoms with Crippen LogP contribution < -0.4 is 5.73 Å². The van der Waals surface area contributed by atoms with Crippen LogP contribution in [0.3, 0.4) is 0 Å². The second-order valence-corrected chi connectivity index (χ2v) is 3.54. The third kappa shape index (κ3) is 2.00. The number of hydrogen-bond donors (Lipinski definition) is 2. The number of pyridine rings is 1. The van der Waals surface area contributed by atoms with Gasteiger partial charge in [-0.25, -0.2) is 18.6 Å². The lowest BCUT2D eigenvalue weighted by molar-refractivity contribution is 0.0692. The Morgan fingerprint density at radius 1 is 1.17 bits per heavy atom. The second-order valence-electron chi connectivity index (χ2n) is 3.54. The highest BCUT2D eigenvalue weighted by molar-refractivity contribution is 5.92. The van der Waals surface area contributed by atoms with Crippen molar-refractivity contribution in [1.29, 1.82) is 0 Å². The van der Waals surface area contributed by atoms with E-state index in [4.69, 9.17) is 10.8 Å². The van der Waals surface area contributed by atoms with Crippen molar-refractivity contribution >= 4 is 11.7 Å². The second kappa shape index (κ2) is 4.40. The normalized spacial score (nSPS) is 10.3. The molecule has 0 fully saturated rings. The molecule has 3 N–H and O–H groups in total. The third-order valence-corrected chi connectivity index (χ3v) is 2.35. The topological polar surface area (TPSA) is 76.2 Å². The van der Waals surface area contributed by atoms with E-state index in [1.165, 1.54) is 18.2 Å². The van der Waals surface area contributed by atoms with Gasteiger partial charge in [-0.2, -0.15) is 0 Å². The summed E-state index contributed by atoms with van der Waals surface area (Å²) in [5, 5.41) is 8.85. The molecule has 1 heterocycles. The van der Waals surface area contributed by atoms with Gasteiger partial charge in [-0.15, -0.1) is 0 Å². The smallest absolute Gasteiger partial charge is 0.356 e. The summed E-state index contributed by atoms with van der Waals surface area (Å²) in [6.45, 7) is 0. The molecule has 0 unspecified atom stereocenters. The van der Waals surface area contributed by atoms with E-state index in [-0.39, 0.29) is 16.9 Å². The van der Waals surface area contributed by atoms with E-state index in [0.717, 1.165) is 12.1 Å². The van der Waals surface area contributed by atoms with Gasteiger partial charge >= 0.3 is 5.97 Å². The van der Waals surface area contributed by atoms with Crippen molar-refractivity contribution in [2.75, 3.05) is 5.73 Å². The van der Waals surface area contributed by atoms with Crippen molar-refractivity contribution < 1.29 is 18.7 Å². The number of benzene rings is 1. The van der Waals surface area contributed by atoms with Crippen LogP contribution in [0.5, 0.6) is 0 Å². The Labute approximate surface area is 101 Å². The Balaban J connectivity index is 2.65. The zero-order chi connectivity index (χ0) is 13.3. The zero-order valence-electron chi connectivity index (χ0n) is 9.02. The van der Waals surface area contributed by atoms with Gasteiger partial charge in [0.2, 0.25) is 0 Å². The first-order chi connectivity index (χ1) is 8.50. The van der Waals surface area contributed by atoms with Crippen LogP contribution in [-0.4, -0.2) is 16.1 Å². The maximum absolute atomic E-state index is 13.5. The molecule has 1 aromatic carbocycles. The minimum absolute atomic E-state index is 0.0667. The number of carboxylic acids is 1. The lowest BCUT2D eigenvalue weighted by Gasteiger charge is -2.06. The molecular formula is C12H8F2N2O2. The fourth-order valence-corrected chi connectivity index (χ4v) is 1.52. The van der Waals surface area contributed by atoms with Gasteiger partial charge in [0.05, 0.1) is 16.9 Å². The molecule has 2 rings (SSSR count). The summed E-state index contributed by atoms with van der Waals surface area (Å²) in [6.07, 6.45) is 0. The minimum atomic E-state index is -1.36. The van der Waals surface area contributed by atoms with E-state index in [1.54, 1.807) is 0 Å². The average Bonchev–Trinajstić information content (AvgIpc) is 2.30. The van der Waals surface area contributed by atoms with Crippen molar-refractivity contribution in [1.82, 2.24) is 4.98 Å². The van der Waals surface area contributed by atoms with Crippen molar-refractivity contribution in [2.24, 2.45) is 0 Å². The van der Waals surface area contributed by atoms with Crippen LogP contribution in [-0.2, 0) is 0 Å². The van der Waals surface area contributed by atoms with Gasteiger partial charge in [-0.3, -0.25) is 0 Å². The Morgan fingerprint density at radius 3 is 2.33 bits per heavy atom. The summed E-state index contributed by atoms with van der Waals surface area (Å²) in [5.74, 6) is -2.99. The van der Waals surface area contributed by atoms with E-state index in [1.807, 2.05) is 0 Å². The number of aromatic nitrogens is 1. The molecule has 4 nitrogen and oxygen atoms in total. The van der Waals surface area contributed by atoms with Gasteiger partial charge in [0.1, 0.15) is 11.6 Å². The van der Waals surface area contributed by atoms with Gasteiger partial charge in [0.25, 0.3) is 0 Å². The molecule has 0 aliphatic rings. The SMILES string of the molecule is Nc1ccc(-c2c(F)cccc2F)nc1C(=O)O. The maximum atomic E-state index is 13.5. The molecule has 0 radical (unpaired) electrons. The van der Waals surface area contributed by atoms with Crippen LogP contribution in [0.25, 0.3) is 11.3 Å². The highest BCUT2D eigenvalue weighted by atomic mass is 19.1. The van der Waals surface area contributed by atoms with E-state index in [9.17, 15) is 13.6 Å². The molecule has 92 valence electrons. The summed E-state index contributed by atoms with van der Waals surface area (Å²) in [4.78, 5) is 14.5. The predicted molar refractivity (Wildman–Crippen MR) is 61.0 cm³/mol. The van der Waals surface area contributed by atoms with Crippen molar-refractivity contribution in [3.8, 4) is 11.3 Å². The number of rotatable bonds is 2. The number of aromatic carboxylic acids is 1.